The Kier molecular flexibility index (Phi) is 4.37. The fraction of sp³-hybridized carbons (Fsp3) is 0.182. The summed E-state index contributed by atoms with van der Waals surface area (Å²) in [5.41, 5.74) is 0. The van der Waals surface area contributed by atoms with E-state index in [1.807, 2.05) is 0 Å². The lowest BCUT2D eigenvalue weighted by molar-refractivity contribution is 0.582. The van der Waals surface area contributed by atoms with Gasteiger partial charge < -0.3 is 5.32 Å². The average molecular weight is 279 g/mol. The van der Waals surface area contributed by atoms with Crippen LogP contribution in [0.15, 0.2) is 48.0 Å². The van der Waals surface area contributed by atoms with Crippen molar-refractivity contribution in [3.05, 3.63) is 43.1 Å². The van der Waals surface area contributed by atoms with E-state index in [-0.39, 0.29) is 11.4 Å². The minimum Gasteiger partial charge on any atom is -0.367 e. The molecule has 0 aliphatic rings. The van der Waals surface area contributed by atoms with Gasteiger partial charge in [0.25, 0.3) is 0 Å². The molecule has 0 saturated heterocycles. The van der Waals surface area contributed by atoms with Gasteiger partial charge in [-0.25, -0.2) is 18.1 Å². The van der Waals surface area contributed by atoms with Crippen LogP contribution in [0.5, 0.6) is 0 Å². The zero-order valence-corrected chi connectivity index (χ0v) is 10.8. The summed E-state index contributed by atoms with van der Waals surface area (Å²) in [5, 5.41) is 2.95. The maximum absolute atomic E-state index is 11.8. The lowest BCUT2D eigenvalue weighted by Crippen LogP contribution is -2.29. The van der Waals surface area contributed by atoms with E-state index in [1.165, 1.54) is 18.5 Å². The molecule has 0 aliphatic carbocycles. The van der Waals surface area contributed by atoms with Gasteiger partial charge >= 0.3 is 0 Å². The van der Waals surface area contributed by atoms with E-state index in [2.05, 4.69) is 25.0 Å². The Bertz CT molecular complexity index is 603. The van der Waals surface area contributed by atoms with Gasteiger partial charge in [-0.1, -0.05) is 0 Å². The van der Waals surface area contributed by atoms with Crippen LogP contribution in [-0.2, 0) is 10.0 Å². The number of pyridine rings is 1. The number of anilines is 1. The van der Waals surface area contributed by atoms with Crippen molar-refractivity contribution in [1.82, 2.24) is 19.7 Å². The largest absolute Gasteiger partial charge is 0.367 e. The van der Waals surface area contributed by atoms with Crippen molar-refractivity contribution in [2.45, 2.75) is 4.90 Å². The first-order valence-corrected chi connectivity index (χ1v) is 7.06. The molecule has 100 valence electrons. The van der Waals surface area contributed by atoms with Crippen LogP contribution in [0.4, 0.5) is 5.82 Å². The minimum atomic E-state index is -3.50. The van der Waals surface area contributed by atoms with Crippen LogP contribution in [0, 0.1) is 0 Å². The van der Waals surface area contributed by atoms with E-state index in [4.69, 9.17) is 0 Å². The van der Waals surface area contributed by atoms with Crippen molar-refractivity contribution >= 4 is 15.8 Å². The lowest BCUT2D eigenvalue weighted by Gasteiger charge is -2.07. The van der Waals surface area contributed by atoms with E-state index in [1.54, 1.807) is 24.7 Å². The van der Waals surface area contributed by atoms with Crippen LogP contribution in [0.3, 0.4) is 0 Å². The zero-order valence-electron chi connectivity index (χ0n) is 10.0. The van der Waals surface area contributed by atoms with Gasteiger partial charge in [0.1, 0.15) is 10.7 Å². The van der Waals surface area contributed by atoms with Crippen molar-refractivity contribution in [3.63, 3.8) is 0 Å². The van der Waals surface area contributed by atoms with E-state index < -0.39 is 10.0 Å². The predicted molar refractivity (Wildman–Crippen MR) is 69.9 cm³/mol. The van der Waals surface area contributed by atoms with Crippen molar-refractivity contribution < 1.29 is 8.42 Å². The lowest BCUT2D eigenvalue weighted by atomic mass is 10.5. The summed E-state index contributed by atoms with van der Waals surface area (Å²) in [6.07, 6.45) is 7.52. The second-order valence-electron chi connectivity index (χ2n) is 3.60. The first kappa shape index (κ1) is 13.4. The molecule has 0 atom stereocenters. The molecule has 0 radical (unpaired) electrons. The Morgan fingerprint density at radius 3 is 2.58 bits per heavy atom. The highest BCUT2D eigenvalue weighted by atomic mass is 32.2. The Labute approximate surface area is 111 Å². The maximum Gasteiger partial charge on any atom is 0.242 e. The van der Waals surface area contributed by atoms with E-state index in [0.717, 1.165) is 0 Å². The number of nitrogens with one attached hydrogen (secondary N) is 2. The molecule has 0 aliphatic heterocycles. The normalized spacial score (nSPS) is 11.2. The number of nitrogens with zero attached hydrogens (tertiary/aromatic N) is 3. The molecule has 2 N–H and O–H groups in total. The summed E-state index contributed by atoms with van der Waals surface area (Å²) in [4.78, 5) is 11.8. The molecular formula is C11H13N5O2S. The highest BCUT2D eigenvalue weighted by Crippen LogP contribution is 2.04. The molecule has 0 aromatic carbocycles. The third-order valence-corrected chi connectivity index (χ3v) is 3.68. The summed E-state index contributed by atoms with van der Waals surface area (Å²) in [7, 11) is -3.50. The molecule has 2 aromatic rings. The molecule has 0 unspecified atom stereocenters. The number of hydrogen-bond acceptors (Lipinski definition) is 6. The monoisotopic (exact) mass is 279 g/mol. The molecule has 2 aromatic heterocycles. The Balaban J connectivity index is 1.83. The van der Waals surface area contributed by atoms with Gasteiger partial charge in [-0.05, 0) is 12.1 Å². The van der Waals surface area contributed by atoms with Gasteiger partial charge in [-0.15, -0.1) is 0 Å². The standard InChI is InChI=1S/C11H13N5O2S/c17-19(18,10-2-1-3-12-8-10)16-7-6-15-11-9-13-4-5-14-11/h1-5,8-9,16H,6-7H2,(H,14,15). The summed E-state index contributed by atoms with van der Waals surface area (Å²) >= 11 is 0. The maximum atomic E-state index is 11.8. The summed E-state index contributed by atoms with van der Waals surface area (Å²) in [6.45, 7) is 0.659. The van der Waals surface area contributed by atoms with Gasteiger partial charge in [-0.3, -0.25) is 9.97 Å². The molecule has 8 heteroatoms. The van der Waals surface area contributed by atoms with Crippen LogP contribution in [0.25, 0.3) is 0 Å². The van der Waals surface area contributed by atoms with Gasteiger partial charge in [-0.2, -0.15) is 0 Å². The molecule has 0 saturated carbocycles. The van der Waals surface area contributed by atoms with Gasteiger partial charge in [0, 0.05) is 37.9 Å². The van der Waals surface area contributed by atoms with Gasteiger partial charge in [0.15, 0.2) is 0 Å². The molecule has 0 bridgehead atoms. The Hall–Kier alpha value is -2.06. The van der Waals surface area contributed by atoms with Crippen LogP contribution in [0.1, 0.15) is 0 Å². The summed E-state index contributed by atoms with van der Waals surface area (Å²) in [6, 6.07) is 3.07. The highest BCUT2D eigenvalue weighted by molar-refractivity contribution is 7.89. The quantitative estimate of drug-likeness (QED) is 0.736. The SMILES string of the molecule is O=S(=O)(NCCNc1cnccn1)c1cccnc1. The average Bonchev–Trinajstić information content (AvgIpc) is 2.46. The van der Waals surface area contributed by atoms with E-state index >= 15 is 0 Å². The summed E-state index contributed by atoms with van der Waals surface area (Å²) in [5.74, 6) is 0.600. The molecule has 7 nitrogen and oxygen atoms in total. The van der Waals surface area contributed by atoms with Crippen molar-refractivity contribution in [2.75, 3.05) is 18.4 Å². The highest BCUT2D eigenvalue weighted by Gasteiger charge is 2.12. The van der Waals surface area contributed by atoms with Crippen molar-refractivity contribution in [3.8, 4) is 0 Å². The zero-order chi connectivity index (χ0) is 13.6. The smallest absolute Gasteiger partial charge is 0.242 e. The number of sulfonamides is 1. The fourth-order valence-corrected chi connectivity index (χ4v) is 2.35. The second kappa shape index (κ2) is 6.21. The van der Waals surface area contributed by atoms with Crippen molar-refractivity contribution in [2.24, 2.45) is 0 Å². The molecule has 2 heterocycles. The van der Waals surface area contributed by atoms with Gasteiger partial charge in [0.2, 0.25) is 10.0 Å². The summed E-state index contributed by atoms with van der Waals surface area (Å²) < 4.78 is 26.1. The Morgan fingerprint density at radius 1 is 1.05 bits per heavy atom. The van der Waals surface area contributed by atoms with Crippen LogP contribution in [0.2, 0.25) is 0 Å². The van der Waals surface area contributed by atoms with E-state index in [9.17, 15) is 8.42 Å². The van der Waals surface area contributed by atoms with Crippen LogP contribution >= 0.6 is 0 Å². The molecule has 19 heavy (non-hydrogen) atoms. The van der Waals surface area contributed by atoms with Gasteiger partial charge in [0.05, 0.1) is 6.20 Å². The first-order valence-electron chi connectivity index (χ1n) is 5.58. The molecule has 2 rings (SSSR count). The topological polar surface area (TPSA) is 96.9 Å². The predicted octanol–water partition coefficient (Wildman–Crippen LogP) is 0.262. The van der Waals surface area contributed by atoms with E-state index in [0.29, 0.717) is 12.4 Å². The fourth-order valence-electron chi connectivity index (χ4n) is 1.36. The molecule has 0 amide bonds. The van der Waals surface area contributed by atoms with Crippen LogP contribution < -0.4 is 10.0 Å². The second-order valence-corrected chi connectivity index (χ2v) is 5.37. The number of aromatic nitrogens is 3. The molecule has 0 spiro atoms. The molecule has 0 fully saturated rings. The Morgan fingerprint density at radius 2 is 1.89 bits per heavy atom. The first-order chi connectivity index (χ1) is 9.18. The molecular weight excluding hydrogens is 266 g/mol. The third kappa shape index (κ3) is 3.97. The number of rotatable bonds is 6. The minimum absolute atomic E-state index is 0.148. The van der Waals surface area contributed by atoms with Crippen molar-refractivity contribution in [1.29, 1.82) is 0 Å². The number of hydrogen-bond donors (Lipinski definition) is 2. The third-order valence-electron chi connectivity index (χ3n) is 2.23. The van der Waals surface area contributed by atoms with Crippen LogP contribution in [-0.4, -0.2) is 36.5 Å².